The predicted molar refractivity (Wildman–Crippen MR) is 83.5 cm³/mol. The molecule has 0 bridgehead atoms. The van der Waals surface area contributed by atoms with Gasteiger partial charge in [0.15, 0.2) is 0 Å². The van der Waals surface area contributed by atoms with Crippen LogP contribution in [0.5, 0.6) is 0 Å². The third-order valence-electron chi connectivity index (χ3n) is 2.82. The van der Waals surface area contributed by atoms with Gasteiger partial charge in [-0.25, -0.2) is 9.59 Å². The number of aromatic nitrogens is 1. The van der Waals surface area contributed by atoms with E-state index in [-0.39, 0.29) is 18.0 Å². The first-order valence-corrected chi connectivity index (χ1v) is 6.74. The summed E-state index contributed by atoms with van der Waals surface area (Å²) < 4.78 is 4.88. The van der Waals surface area contributed by atoms with Crippen molar-refractivity contribution in [3.8, 4) is 0 Å². The number of ether oxygens (including phenoxy) is 1. The quantitative estimate of drug-likeness (QED) is 0.487. The molecule has 0 aliphatic carbocycles. The monoisotopic (exact) mass is 330 g/mol. The lowest BCUT2D eigenvalue weighted by atomic mass is 10.2. The SMILES string of the molecule is N/C(=N\C(=O)OCc1ccccc1)NC(=O)c1ccc(C(=O)O)[nH]1. The van der Waals surface area contributed by atoms with E-state index in [2.05, 4.69) is 15.3 Å². The number of benzene rings is 1. The summed E-state index contributed by atoms with van der Waals surface area (Å²) in [6.45, 7) is 0.0169. The molecule has 24 heavy (non-hydrogen) atoms. The zero-order valence-electron chi connectivity index (χ0n) is 12.4. The summed E-state index contributed by atoms with van der Waals surface area (Å²) in [6.07, 6.45) is -0.964. The summed E-state index contributed by atoms with van der Waals surface area (Å²) in [5.41, 5.74) is 6.02. The minimum absolute atomic E-state index is 0.0169. The number of H-pyrrole nitrogens is 1. The van der Waals surface area contributed by atoms with Gasteiger partial charge in [0.1, 0.15) is 18.0 Å². The van der Waals surface area contributed by atoms with Crippen molar-refractivity contribution < 1.29 is 24.2 Å². The highest BCUT2D eigenvalue weighted by Crippen LogP contribution is 2.02. The number of hydrogen-bond donors (Lipinski definition) is 4. The van der Waals surface area contributed by atoms with Crippen LogP contribution in [0.1, 0.15) is 26.5 Å². The van der Waals surface area contributed by atoms with Crippen LogP contribution in [0.2, 0.25) is 0 Å². The summed E-state index contributed by atoms with van der Waals surface area (Å²) in [7, 11) is 0. The molecule has 5 N–H and O–H groups in total. The number of hydrogen-bond acceptors (Lipinski definition) is 4. The number of nitrogens with one attached hydrogen (secondary N) is 2. The molecule has 2 rings (SSSR count). The second-order valence-corrected chi connectivity index (χ2v) is 4.58. The van der Waals surface area contributed by atoms with Crippen molar-refractivity contribution in [3.05, 3.63) is 59.4 Å². The molecule has 1 aromatic heterocycles. The zero-order chi connectivity index (χ0) is 17.5. The molecule has 9 heteroatoms. The molecule has 0 saturated heterocycles. The van der Waals surface area contributed by atoms with Crippen LogP contribution in [0.25, 0.3) is 0 Å². The molecule has 0 saturated carbocycles. The Kier molecular flexibility index (Phi) is 5.29. The summed E-state index contributed by atoms with van der Waals surface area (Å²) in [5, 5.41) is 10.9. The van der Waals surface area contributed by atoms with Gasteiger partial charge in [-0.1, -0.05) is 30.3 Å². The molecular formula is C15H14N4O5. The van der Waals surface area contributed by atoms with Gasteiger partial charge < -0.3 is 20.6 Å². The van der Waals surface area contributed by atoms with Crippen molar-refractivity contribution in [1.82, 2.24) is 10.3 Å². The number of aromatic carboxylic acids is 1. The smallest absolute Gasteiger partial charge is 0.437 e. The molecule has 0 fully saturated rings. The molecule has 0 aliphatic heterocycles. The highest BCUT2D eigenvalue weighted by Gasteiger charge is 2.13. The standard InChI is InChI=1S/C15H14N4O5/c16-14(18-12(20)10-6-7-11(17-10)13(21)22)19-15(23)24-8-9-4-2-1-3-5-9/h1-7,17H,8H2,(H,21,22)(H3,16,18,19,20,23). The normalized spacial score (nSPS) is 10.9. The molecule has 2 amide bonds. The van der Waals surface area contributed by atoms with E-state index < -0.39 is 23.9 Å². The van der Waals surface area contributed by atoms with Crippen molar-refractivity contribution in [2.75, 3.05) is 0 Å². The number of carbonyl (C=O) groups excluding carboxylic acids is 2. The van der Waals surface area contributed by atoms with E-state index >= 15 is 0 Å². The minimum Gasteiger partial charge on any atom is -0.477 e. The van der Waals surface area contributed by atoms with E-state index in [9.17, 15) is 14.4 Å². The second-order valence-electron chi connectivity index (χ2n) is 4.58. The van der Waals surface area contributed by atoms with Gasteiger partial charge in [-0.3, -0.25) is 10.1 Å². The van der Waals surface area contributed by atoms with Crippen LogP contribution < -0.4 is 11.1 Å². The molecule has 0 spiro atoms. The molecule has 0 unspecified atom stereocenters. The Morgan fingerprint density at radius 2 is 1.79 bits per heavy atom. The fourth-order valence-electron chi connectivity index (χ4n) is 1.71. The van der Waals surface area contributed by atoms with Crippen LogP contribution >= 0.6 is 0 Å². The molecule has 0 aliphatic rings. The number of guanidine groups is 1. The van der Waals surface area contributed by atoms with Gasteiger partial charge >= 0.3 is 12.1 Å². The number of nitrogens with two attached hydrogens (primary N) is 1. The molecule has 9 nitrogen and oxygen atoms in total. The van der Waals surface area contributed by atoms with E-state index in [1.54, 1.807) is 24.3 Å². The van der Waals surface area contributed by atoms with Gasteiger partial charge in [0.05, 0.1) is 0 Å². The molecule has 2 aromatic rings. The molecule has 0 radical (unpaired) electrons. The van der Waals surface area contributed by atoms with Crippen LogP contribution in [0.15, 0.2) is 47.5 Å². The highest BCUT2D eigenvalue weighted by atomic mass is 16.5. The first-order chi connectivity index (χ1) is 11.5. The maximum atomic E-state index is 11.8. The minimum atomic E-state index is -1.21. The second kappa shape index (κ2) is 7.58. The number of amides is 2. The lowest BCUT2D eigenvalue weighted by Crippen LogP contribution is -2.37. The summed E-state index contributed by atoms with van der Waals surface area (Å²) >= 11 is 0. The number of rotatable bonds is 4. The molecule has 0 atom stereocenters. The number of aliphatic imine (C=N–C) groups is 1. The van der Waals surface area contributed by atoms with Gasteiger partial charge in [-0.15, -0.1) is 4.99 Å². The van der Waals surface area contributed by atoms with Crippen LogP contribution in [0.3, 0.4) is 0 Å². The topological polar surface area (TPSA) is 147 Å². The molecule has 124 valence electrons. The summed E-state index contributed by atoms with van der Waals surface area (Å²) in [6, 6.07) is 11.4. The Balaban J connectivity index is 1.88. The molecule has 1 aromatic carbocycles. The van der Waals surface area contributed by atoms with E-state index in [0.717, 1.165) is 5.56 Å². The van der Waals surface area contributed by atoms with Crippen molar-refractivity contribution >= 4 is 23.9 Å². The Bertz CT molecular complexity index is 782. The molecular weight excluding hydrogens is 316 g/mol. The number of carbonyl (C=O) groups is 3. The Morgan fingerprint density at radius 1 is 1.12 bits per heavy atom. The third-order valence-corrected chi connectivity index (χ3v) is 2.82. The van der Waals surface area contributed by atoms with E-state index in [4.69, 9.17) is 15.6 Å². The maximum absolute atomic E-state index is 11.8. The molecule has 1 heterocycles. The zero-order valence-corrected chi connectivity index (χ0v) is 12.4. The van der Waals surface area contributed by atoms with Crippen LogP contribution in [-0.2, 0) is 11.3 Å². The van der Waals surface area contributed by atoms with Crippen molar-refractivity contribution in [1.29, 1.82) is 0 Å². The summed E-state index contributed by atoms with van der Waals surface area (Å²) in [5.74, 6) is -2.41. The number of aromatic amines is 1. The van der Waals surface area contributed by atoms with Gasteiger partial charge in [0, 0.05) is 0 Å². The average Bonchev–Trinajstić information content (AvgIpc) is 3.04. The fraction of sp³-hybridized carbons (Fsp3) is 0.0667. The van der Waals surface area contributed by atoms with Crippen molar-refractivity contribution in [3.63, 3.8) is 0 Å². The van der Waals surface area contributed by atoms with E-state index in [1.807, 2.05) is 6.07 Å². The van der Waals surface area contributed by atoms with Gasteiger partial charge in [-0.05, 0) is 17.7 Å². The highest BCUT2D eigenvalue weighted by molar-refractivity contribution is 6.06. The van der Waals surface area contributed by atoms with Crippen molar-refractivity contribution in [2.45, 2.75) is 6.61 Å². The van der Waals surface area contributed by atoms with E-state index in [0.29, 0.717) is 0 Å². The number of carboxylic acids is 1. The van der Waals surface area contributed by atoms with Crippen LogP contribution in [0, 0.1) is 0 Å². The third kappa shape index (κ3) is 4.70. The number of carboxylic acid groups (broad SMARTS) is 1. The Morgan fingerprint density at radius 3 is 2.42 bits per heavy atom. The number of nitrogens with zero attached hydrogens (tertiary/aromatic N) is 1. The van der Waals surface area contributed by atoms with Crippen molar-refractivity contribution in [2.24, 2.45) is 10.7 Å². The Hall–Kier alpha value is -3.62. The van der Waals surface area contributed by atoms with Crippen LogP contribution in [0.4, 0.5) is 4.79 Å². The van der Waals surface area contributed by atoms with E-state index in [1.165, 1.54) is 12.1 Å². The largest absolute Gasteiger partial charge is 0.477 e. The first-order valence-electron chi connectivity index (χ1n) is 6.74. The van der Waals surface area contributed by atoms with Crippen LogP contribution in [-0.4, -0.2) is 34.0 Å². The first kappa shape index (κ1) is 16.7. The maximum Gasteiger partial charge on any atom is 0.437 e. The lowest BCUT2D eigenvalue weighted by molar-refractivity contribution is 0.0691. The predicted octanol–water partition coefficient (Wildman–Crippen LogP) is 1.09. The fourth-order valence-corrected chi connectivity index (χ4v) is 1.71. The Labute approximate surface area is 136 Å². The van der Waals surface area contributed by atoms with Gasteiger partial charge in [-0.2, -0.15) is 0 Å². The average molecular weight is 330 g/mol. The van der Waals surface area contributed by atoms with Gasteiger partial charge in [0.2, 0.25) is 5.96 Å². The lowest BCUT2D eigenvalue weighted by Gasteiger charge is -2.04. The van der Waals surface area contributed by atoms with Gasteiger partial charge in [0.25, 0.3) is 5.91 Å². The summed E-state index contributed by atoms with van der Waals surface area (Å²) in [4.78, 5) is 39.8.